The molecular formula is C12H10N4O3. The van der Waals surface area contributed by atoms with E-state index in [2.05, 4.69) is 25.2 Å². The molecule has 0 spiro atoms. The van der Waals surface area contributed by atoms with Crippen LogP contribution in [-0.4, -0.2) is 21.2 Å². The molecule has 3 rings (SSSR count). The Morgan fingerprint density at radius 1 is 1.32 bits per heavy atom. The quantitative estimate of drug-likeness (QED) is 0.764. The first-order chi connectivity index (χ1) is 9.24. The smallest absolute Gasteiger partial charge is 0.307 e. The number of carbonyl (C=O) groups is 1. The van der Waals surface area contributed by atoms with Gasteiger partial charge in [-0.3, -0.25) is 4.79 Å². The van der Waals surface area contributed by atoms with Crippen LogP contribution in [0.25, 0.3) is 11.1 Å². The van der Waals surface area contributed by atoms with E-state index in [0.29, 0.717) is 22.5 Å². The zero-order chi connectivity index (χ0) is 13.2. The number of aryl methyl sites for hydroxylation is 1. The van der Waals surface area contributed by atoms with Crippen molar-refractivity contribution in [2.75, 3.05) is 0 Å². The van der Waals surface area contributed by atoms with Gasteiger partial charge in [0.05, 0.1) is 6.54 Å². The van der Waals surface area contributed by atoms with Gasteiger partial charge < -0.3 is 9.73 Å². The van der Waals surface area contributed by atoms with Crippen LogP contribution in [0.15, 0.2) is 33.3 Å². The molecule has 0 saturated heterocycles. The molecule has 1 N–H and O–H groups in total. The standard InChI is InChI=1S/C12H10N4O3/c1-7-9(16-19-15-7)6-13-11(17)12-14-8-4-2-3-5-10(8)18-12/h2-5H,6H2,1H3,(H,13,17). The van der Waals surface area contributed by atoms with E-state index >= 15 is 0 Å². The minimum absolute atomic E-state index is 0.0234. The van der Waals surface area contributed by atoms with Crippen molar-refractivity contribution in [1.82, 2.24) is 20.6 Å². The number of carbonyl (C=O) groups excluding carboxylic acids is 1. The van der Waals surface area contributed by atoms with Gasteiger partial charge in [-0.15, -0.1) is 0 Å². The number of fused-ring (bicyclic) bond motifs is 1. The zero-order valence-electron chi connectivity index (χ0n) is 10.1. The summed E-state index contributed by atoms with van der Waals surface area (Å²) in [7, 11) is 0. The highest BCUT2D eigenvalue weighted by atomic mass is 16.6. The van der Waals surface area contributed by atoms with Crippen molar-refractivity contribution >= 4 is 17.0 Å². The third-order valence-electron chi connectivity index (χ3n) is 2.65. The SMILES string of the molecule is Cc1nonc1CNC(=O)c1nc2ccccc2o1. The van der Waals surface area contributed by atoms with Crippen LogP contribution in [0.5, 0.6) is 0 Å². The van der Waals surface area contributed by atoms with Crippen molar-refractivity contribution in [2.45, 2.75) is 13.5 Å². The molecule has 0 bridgehead atoms. The molecule has 2 heterocycles. The molecule has 0 unspecified atom stereocenters. The van der Waals surface area contributed by atoms with Crippen LogP contribution in [0.1, 0.15) is 22.1 Å². The number of rotatable bonds is 3. The number of nitrogens with zero attached hydrogens (tertiary/aromatic N) is 3. The Bertz CT molecular complexity index is 698. The first-order valence-corrected chi connectivity index (χ1v) is 5.66. The lowest BCUT2D eigenvalue weighted by atomic mass is 10.3. The lowest BCUT2D eigenvalue weighted by molar-refractivity contribution is 0.0917. The number of oxazole rings is 1. The maximum atomic E-state index is 11.9. The van der Waals surface area contributed by atoms with E-state index in [0.717, 1.165) is 0 Å². The maximum absolute atomic E-state index is 11.9. The predicted molar refractivity (Wildman–Crippen MR) is 64.2 cm³/mol. The third-order valence-corrected chi connectivity index (χ3v) is 2.65. The molecule has 0 fully saturated rings. The average molecular weight is 258 g/mol. The molecule has 3 aromatic rings. The van der Waals surface area contributed by atoms with Gasteiger partial charge in [-0.05, 0) is 19.1 Å². The molecule has 0 radical (unpaired) electrons. The highest BCUT2D eigenvalue weighted by Gasteiger charge is 2.15. The Hall–Kier alpha value is -2.70. The fraction of sp³-hybridized carbons (Fsp3) is 0.167. The second-order valence-corrected chi connectivity index (χ2v) is 3.97. The highest BCUT2D eigenvalue weighted by Crippen LogP contribution is 2.14. The Balaban J connectivity index is 1.75. The largest absolute Gasteiger partial charge is 0.432 e. The Morgan fingerprint density at radius 3 is 2.89 bits per heavy atom. The molecule has 0 atom stereocenters. The lowest BCUT2D eigenvalue weighted by Crippen LogP contribution is -2.23. The summed E-state index contributed by atoms with van der Waals surface area (Å²) in [5.74, 6) is -0.381. The molecule has 1 amide bonds. The lowest BCUT2D eigenvalue weighted by Gasteiger charge is -1.98. The molecule has 7 heteroatoms. The number of nitrogens with one attached hydrogen (secondary N) is 1. The van der Waals surface area contributed by atoms with Gasteiger partial charge >= 0.3 is 5.91 Å². The Kier molecular flexibility index (Phi) is 2.71. The van der Waals surface area contributed by atoms with Crippen molar-refractivity contribution in [3.63, 3.8) is 0 Å². The Labute approximate surface area is 107 Å². The summed E-state index contributed by atoms with van der Waals surface area (Å²) in [6.07, 6.45) is 0. The highest BCUT2D eigenvalue weighted by molar-refractivity contribution is 5.92. The van der Waals surface area contributed by atoms with E-state index in [9.17, 15) is 4.79 Å². The fourth-order valence-electron chi connectivity index (χ4n) is 1.62. The number of benzene rings is 1. The molecule has 1 aromatic carbocycles. The summed E-state index contributed by atoms with van der Waals surface area (Å²) in [6, 6.07) is 7.18. The number of aromatic nitrogens is 3. The number of amides is 1. The molecule has 0 aliphatic heterocycles. The summed E-state index contributed by atoms with van der Waals surface area (Å²) >= 11 is 0. The van der Waals surface area contributed by atoms with Crippen molar-refractivity contribution in [3.8, 4) is 0 Å². The van der Waals surface area contributed by atoms with Crippen molar-refractivity contribution in [2.24, 2.45) is 0 Å². The van der Waals surface area contributed by atoms with Crippen LogP contribution < -0.4 is 5.32 Å². The predicted octanol–water partition coefficient (Wildman–Crippen LogP) is 1.45. The average Bonchev–Trinajstić information content (AvgIpc) is 3.01. The molecule has 7 nitrogen and oxygen atoms in total. The zero-order valence-corrected chi connectivity index (χ0v) is 10.1. The molecule has 19 heavy (non-hydrogen) atoms. The van der Waals surface area contributed by atoms with Gasteiger partial charge in [-0.1, -0.05) is 22.4 Å². The number of para-hydroxylation sites is 2. The van der Waals surface area contributed by atoms with E-state index in [-0.39, 0.29) is 12.4 Å². The fourth-order valence-corrected chi connectivity index (χ4v) is 1.62. The van der Waals surface area contributed by atoms with Crippen molar-refractivity contribution in [1.29, 1.82) is 0 Å². The minimum atomic E-state index is -0.404. The first kappa shape index (κ1) is 11.4. The van der Waals surface area contributed by atoms with Crippen LogP contribution >= 0.6 is 0 Å². The third kappa shape index (κ3) is 2.17. The van der Waals surface area contributed by atoms with Gasteiger partial charge in [-0.25, -0.2) is 9.61 Å². The summed E-state index contributed by atoms with van der Waals surface area (Å²) in [5, 5.41) is 9.94. The number of hydrogen-bond acceptors (Lipinski definition) is 6. The molecule has 0 aliphatic carbocycles. The van der Waals surface area contributed by atoms with Crippen LogP contribution in [0.4, 0.5) is 0 Å². The summed E-state index contributed by atoms with van der Waals surface area (Å²) in [5.41, 5.74) is 2.43. The molecular weight excluding hydrogens is 248 g/mol. The Morgan fingerprint density at radius 2 is 2.16 bits per heavy atom. The van der Waals surface area contributed by atoms with Gasteiger partial charge in [0.1, 0.15) is 16.9 Å². The van der Waals surface area contributed by atoms with Gasteiger partial charge in [0.15, 0.2) is 5.58 Å². The topological polar surface area (TPSA) is 94.1 Å². The monoisotopic (exact) mass is 258 g/mol. The van der Waals surface area contributed by atoms with E-state index < -0.39 is 5.91 Å². The molecule has 0 saturated carbocycles. The second-order valence-electron chi connectivity index (χ2n) is 3.97. The van der Waals surface area contributed by atoms with Crippen molar-refractivity contribution < 1.29 is 13.8 Å². The van der Waals surface area contributed by atoms with Crippen LogP contribution in [0.2, 0.25) is 0 Å². The summed E-state index contributed by atoms with van der Waals surface area (Å²) in [4.78, 5) is 16.0. The summed E-state index contributed by atoms with van der Waals surface area (Å²) in [6.45, 7) is 1.96. The van der Waals surface area contributed by atoms with Crippen LogP contribution in [0.3, 0.4) is 0 Å². The van der Waals surface area contributed by atoms with Crippen molar-refractivity contribution in [3.05, 3.63) is 41.5 Å². The number of hydrogen-bond donors (Lipinski definition) is 1. The van der Waals surface area contributed by atoms with Crippen LogP contribution in [0, 0.1) is 6.92 Å². The first-order valence-electron chi connectivity index (χ1n) is 5.66. The molecule has 96 valence electrons. The van der Waals surface area contributed by atoms with E-state index in [1.54, 1.807) is 19.1 Å². The maximum Gasteiger partial charge on any atom is 0.307 e. The minimum Gasteiger partial charge on any atom is -0.432 e. The normalized spacial score (nSPS) is 10.8. The summed E-state index contributed by atoms with van der Waals surface area (Å²) < 4.78 is 9.89. The van der Waals surface area contributed by atoms with Gasteiger partial charge in [0.2, 0.25) is 0 Å². The molecule has 0 aliphatic rings. The second kappa shape index (κ2) is 4.52. The van der Waals surface area contributed by atoms with Gasteiger partial charge in [0.25, 0.3) is 5.89 Å². The molecule has 2 aromatic heterocycles. The van der Waals surface area contributed by atoms with E-state index in [1.807, 2.05) is 12.1 Å². The van der Waals surface area contributed by atoms with E-state index in [4.69, 9.17) is 4.42 Å². The van der Waals surface area contributed by atoms with Gasteiger partial charge in [0, 0.05) is 0 Å². The van der Waals surface area contributed by atoms with E-state index in [1.165, 1.54) is 0 Å². The van der Waals surface area contributed by atoms with Gasteiger partial charge in [-0.2, -0.15) is 0 Å². The van der Waals surface area contributed by atoms with Crippen LogP contribution in [-0.2, 0) is 6.54 Å².